The smallest absolute Gasteiger partial charge is 0.109 e. The highest BCUT2D eigenvalue weighted by molar-refractivity contribution is 8.04. The lowest BCUT2D eigenvalue weighted by Gasteiger charge is -2.01. The fourth-order valence-corrected chi connectivity index (χ4v) is 2.65. The predicted octanol–water partition coefficient (Wildman–Crippen LogP) is 1.34. The molecule has 9 heavy (non-hydrogen) atoms. The first-order valence-electron chi connectivity index (χ1n) is 2.83. The fraction of sp³-hybridized carbons (Fsp3) is 0.667. The van der Waals surface area contributed by atoms with Crippen LogP contribution in [0.25, 0.3) is 0 Å². The van der Waals surface area contributed by atoms with Gasteiger partial charge in [0.05, 0.1) is 0 Å². The van der Waals surface area contributed by atoms with Crippen molar-refractivity contribution in [3.63, 3.8) is 0 Å². The van der Waals surface area contributed by atoms with Crippen molar-refractivity contribution in [2.24, 2.45) is 0 Å². The quantitative estimate of drug-likeness (QED) is 0.543. The van der Waals surface area contributed by atoms with Gasteiger partial charge in [0.1, 0.15) is 5.44 Å². The minimum Gasteiger partial charge on any atom is -0.382 e. The Bertz CT molecular complexity index is 114. The Balaban J connectivity index is 2.34. The molecule has 1 atom stereocenters. The minimum atomic E-state index is -0.172. The van der Waals surface area contributed by atoms with Gasteiger partial charge < -0.3 is 5.11 Å². The molecule has 3 heteroatoms. The molecule has 1 unspecified atom stereocenters. The Labute approximate surface area is 63.9 Å². The van der Waals surface area contributed by atoms with E-state index in [4.69, 9.17) is 5.11 Å². The number of hydrogen-bond donors (Lipinski definition) is 1. The number of hydrogen-bond acceptors (Lipinski definition) is 3. The van der Waals surface area contributed by atoms with Crippen LogP contribution in [0.1, 0.15) is 0 Å². The molecule has 0 radical (unpaired) electrons. The molecule has 0 aliphatic carbocycles. The molecule has 1 N–H and O–H groups in total. The molecule has 1 aliphatic rings. The van der Waals surface area contributed by atoms with Crippen LogP contribution in [0.2, 0.25) is 0 Å². The molecule has 52 valence electrons. The molecule has 0 aromatic carbocycles. The van der Waals surface area contributed by atoms with E-state index in [1.54, 1.807) is 23.5 Å². The molecule has 0 aromatic heterocycles. The molecule has 0 saturated carbocycles. The van der Waals surface area contributed by atoms with Gasteiger partial charge in [0, 0.05) is 17.3 Å². The second-order valence-corrected chi connectivity index (χ2v) is 4.23. The van der Waals surface area contributed by atoms with Gasteiger partial charge in [0.15, 0.2) is 0 Å². The second-order valence-electron chi connectivity index (χ2n) is 2.03. The highest BCUT2D eigenvalue weighted by Crippen LogP contribution is 2.23. The topological polar surface area (TPSA) is 20.2 Å². The molecule has 1 rings (SSSR count). The van der Waals surface area contributed by atoms with Crippen molar-refractivity contribution < 1.29 is 5.11 Å². The van der Waals surface area contributed by atoms with Gasteiger partial charge >= 0.3 is 0 Å². The van der Waals surface area contributed by atoms with E-state index in [1.165, 1.54) is 5.57 Å². The van der Waals surface area contributed by atoms with Gasteiger partial charge in [-0.05, 0) is 0 Å². The van der Waals surface area contributed by atoms with Crippen molar-refractivity contribution >= 4 is 23.5 Å². The minimum absolute atomic E-state index is 0.172. The maximum absolute atomic E-state index is 9.11. The Morgan fingerprint density at radius 1 is 1.56 bits per heavy atom. The van der Waals surface area contributed by atoms with E-state index < -0.39 is 0 Å². The van der Waals surface area contributed by atoms with Crippen LogP contribution in [0.4, 0.5) is 0 Å². The summed E-state index contributed by atoms with van der Waals surface area (Å²) in [6.45, 7) is 3.86. The summed E-state index contributed by atoms with van der Waals surface area (Å²) < 4.78 is 0. The van der Waals surface area contributed by atoms with Crippen LogP contribution in [-0.2, 0) is 0 Å². The van der Waals surface area contributed by atoms with Crippen molar-refractivity contribution in [2.45, 2.75) is 5.44 Å². The molecular formula is C6H10OS2. The van der Waals surface area contributed by atoms with Crippen molar-refractivity contribution in [3.8, 4) is 0 Å². The lowest BCUT2D eigenvalue weighted by atomic mass is 10.4. The Morgan fingerprint density at radius 3 is 3.11 bits per heavy atom. The van der Waals surface area contributed by atoms with E-state index in [1.807, 2.05) is 0 Å². The molecule has 0 bridgehead atoms. The summed E-state index contributed by atoms with van der Waals surface area (Å²) in [5, 5.41) is 9.11. The number of thioether (sulfide) groups is 2. The molecule has 1 saturated heterocycles. The summed E-state index contributed by atoms with van der Waals surface area (Å²) in [5.41, 5.74) is 1.07. The zero-order valence-electron chi connectivity index (χ0n) is 5.17. The molecule has 1 nitrogen and oxygen atoms in total. The second kappa shape index (κ2) is 3.54. The first kappa shape index (κ1) is 7.51. The molecular weight excluding hydrogens is 152 g/mol. The lowest BCUT2D eigenvalue weighted by molar-refractivity contribution is 0.288. The van der Waals surface area contributed by atoms with Crippen molar-refractivity contribution in [3.05, 3.63) is 12.2 Å². The van der Waals surface area contributed by atoms with Gasteiger partial charge in [-0.15, -0.1) is 11.8 Å². The average Bonchev–Trinajstić information content (AvgIpc) is 1.97. The Hall–Kier alpha value is 0.400. The van der Waals surface area contributed by atoms with E-state index in [-0.39, 0.29) is 5.44 Å². The van der Waals surface area contributed by atoms with Crippen molar-refractivity contribution in [1.29, 1.82) is 0 Å². The van der Waals surface area contributed by atoms with Gasteiger partial charge in [0.25, 0.3) is 0 Å². The monoisotopic (exact) mass is 162 g/mol. The summed E-state index contributed by atoms with van der Waals surface area (Å²) in [7, 11) is 0. The van der Waals surface area contributed by atoms with Crippen molar-refractivity contribution in [2.75, 3.05) is 17.3 Å². The van der Waals surface area contributed by atoms with Crippen LogP contribution >= 0.6 is 23.5 Å². The van der Waals surface area contributed by atoms with Crippen LogP contribution in [0.3, 0.4) is 0 Å². The molecule has 0 spiro atoms. The summed E-state index contributed by atoms with van der Waals surface area (Å²) in [6.07, 6.45) is 0. The standard InChI is InChI=1S/C6H10OS2/c1-5-2-8-4-6(7)9-3-5/h6-7H,1-4H2. The number of aliphatic hydroxyl groups is 1. The normalized spacial score (nSPS) is 29.9. The molecule has 1 heterocycles. The van der Waals surface area contributed by atoms with Crippen molar-refractivity contribution in [1.82, 2.24) is 0 Å². The fourth-order valence-electron chi connectivity index (χ4n) is 0.608. The largest absolute Gasteiger partial charge is 0.382 e. The van der Waals surface area contributed by atoms with E-state index in [0.717, 1.165) is 17.3 Å². The molecule has 1 fully saturated rings. The third-order valence-corrected chi connectivity index (χ3v) is 3.55. The zero-order valence-corrected chi connectivity index (χ0v) is 6.80. The van der Waals surface area contributed by atoms with Crippen LogP contribution in [0.15, 0.2) is 12.2 Å². The average molecular weight is 162 g/mol. The maximum atomic E-state index is 9.11. The third-order valence-electron chi connectivity index (χ3n) is 1.05. The lowest BCUT2D eigenvalue weighted by Crippen LogP contribution is -2.01. The first-order valence-corrected chi connectivity index (χ1v) is 5.03. The van der Waals surface area contributed by atoms with Crippen LogP contribution in [0, 0.1) is 0 Å². The first-order chi connectivity index (χ1) is 4.29. The summed E-state index contributed by atoms with van der Waals surface area (Å²) in [5.74, 6) is 2.79. The number of rotatable bonds is 0. The SMILES string of the molecule is C=C1CSCC(O)SC1. The number of aliphatic hydroxyl groups excluding tert-OH is 1. The summed E-state index contributed by atoms with van der Waals surface area (Å²) >= 11 is 3.34. The van der Waals surface area contributed by atoms with Gasteiger partial charge in [-0.25, -0.2) is 0 Å². The van der Waals surface area contributed by atoms with E-state index >= 15 is 0 Å². The van der Waals surface area contributed by atoms with Gasteiger partial charge in [-0.3, -0.25) is 0 Å². The van der Waals surface area contributed by atoms with Gasteiger partial charge in [-0.1, -0.05) is 12.2 Å². The van der Waals surface area contributed by atoms with E-state index in [0.29, 0.717) is 0 Å². The highest BCUT2D eigenvalue weighted by atomic mass is 32.2. The van der Waals surface area contributed by atoms with Gasteiger partial charge in [-0.2, -0.15) is 11.8 Å². The Kier molecular flexibility index (Phi) is 2.95. The van der Waals surface area contributed by atoms with Crippen LogP contribution < -0.4 is 0 Å². The van der Waals surface area contributed by atoms with E-state index in [9.17, 15) is 0 Å². The highest BCUT2D eigenvalue weighted by Gasteiger charge is 2.10. The van der Waals surface area contributed by atoms with Crippen LogP contribution in [-0.4, -0.2) is 27.8 Å². The third kappa shape index (κ3) is 2.65. The van der Waals surface area contributed by atoms with Crippen LogP contribution in [0.5, 0.6) is 0 Å². The Morgan fingerprint density at radius 2 is 2.33 bits per heavy atom. The van der Waals surface area contributed by atoms with Gasteiger partial charge in [0.2, 0.25) is 0 Å². The summed E-state index contributed by atoms with van der Waals surface area (Å²) in [6, 6.07) is 0. The van der Waals surface area contributed by atoms with E-state index in [2.05, 4.69) is 6.58 Å². The molecule has 0 amide bonds. The maximum Gasteiger partial charge on any atom is 0.109 e. The molecule has 0 aromatic rings. The molecule has 1 aliphatic heterocycles. The summed E-state index contributed by atoms with van der Waals surface area (Å²) in [4.78, 5) is 0. The zero-order chi connectivity index (χ0) is 6.69. The predicted molar refractivity (Wildman–Crippen MR) is 44.9 cm³/mol.